The Hall–Kier alpha value is 0.140. The molecular weight excluding hydrogens is 318 g/mol. The van der Waals surface area contributed by atoms with E-state index < -0.39 is 0 Å². The lowest BCUT2D eigenvalue weighted by Crippen LogP contribution is -2.30. The molecule has 0 amide bonds. The highest BCUT2D eigenvalue weighted by molar-refractivity contribution is 9.10. The average Bonchev–Trinajstić information content (AvgIpc) is 2.79. The molecule has 0 radical (unpaired) electrons. The Morgan fingerprint density at radius 3 is 2.53 bits per heavy atom. The van der Waals surface area contributed by atoms with Gasteiger partial charge in [-0.3, -0.25) is 0 Å². The lowest BCUT2D eigenvalue weighted by Gasteiger charge is -2.17. The summed E-state index contributed by atoms with van der Waals surface area (Å²) in [6.07, 6.45) is 10.8. The third-order valence-electron chi connectivity index (χ3n) is 3.52. The van der Waals surface area contributed by atoms with Gasteiger partial charge in [0.2, 0.25) is 0 Å². The molecule has 0 saturated heterocycles. The van der Waals surface area contributed by atoms with E-state index in [1.165, 1.54) is 60.7 Å². The second-order valence-electron chi connectivity index (χ2n) is 5.21. The molecule has 1 aromatic rings. The van der Waals surface area contributed by atoms with Crippen molar-refractivity contribution in [3.05, 3.63) is 20.8 Å². The van der Waals surface area contributed by atoms with Crippen LogP contribution in [0.25, 0.3) is 0 Å². The largest absolute Gasteiger partial charge is 0.314 e. The van der Waals surface area contributed by atoms with E-state index in [2.05, 4.69) is 46.5 Å². The molecule has 1 heterocycles. The van der Waals surface area contributed by atoms with E-state index in [0.29, 0.717) is 6.04 Å². The molecule has 0 aromatic carbocycles. The van der Waals surface area contributed by atoms with E-state index >= 15 is 0 Å². The first kappa shape index (κ1) is 17.2. The first-order valence-corrected chi connectivity index (χ1v) is 9.40. The van der Waals surface area contributed by atoms with Crippen LogP contribution in [-0.4, -0.2) is 12.6 Å². The van der Waals surface area contributed by atoms with Gasteiger partial charge in [0.1, 0.15) is 0 Å². The van der Waals surface area contributed by atoms with E-state index in [1.54, 1.807) is 0 Å². The van der Waals surface area contributed by atoms with Crippen LogP contribution in [0.1, 0.15) is 63.7 Å². The van der Waals surface area contributed by atoms with Crippen molar-refractivity contribution in [2.24, 2.45) is 0 Å². The summed E-state index contributed by atoms with van der Waals surface area (Å²) < 4.78 is 1.28. The van der Waals surface area contributed by atoms with E-state index in [4.69, 9.17) is 0 Å². The second-order valence-corrected chi connectivity index (χ2v) is 7.06. The van der Waals surface area contributed by atoms with Crippen molar-refractivity contribution in [3.8, 4) is 0 Å². The summed E-state index contributed by atoms with van der Waals surface area (Å²) >= 11 is 5.51. The molecule has 1 aromatic heterocycles. The Bertz CT molecular complexity index is 324. The lowest BCUT2D eigenvalue weighted by molar-refractivity contribution is 0.461. The van der Waals surface area contributed by atoms with Crippen LogP contribution in [0.3, 0.4) is 0 Å². The number of rotatable bonds is 11. The molecule has 0 saturated carbocycles. The quantitative estimate of drug-likeness (QED) is 0.501. The molecule has 3 heteroatoms. The van der Waals surface area contributed by atoms with Crippen molar-refractivity contribution in [1.82, 2.24) is 5.32 Å². The SMILES string of the molecule is CCCCCCCCC(Cc1sccc1Br)NCC. The van der Waals surface area contributed by atoms with Gasteiger partial charge in [0, 0.05) is 15.4 Å². The highest BCUT2D eigenvalue weighted by Gasteiger charge is 2.11. The average molecular weight is 346 g/mol. The molecule has 1 nitrogen and oxygen atoms in total. The normalized spacial score (nSPS) is 12.8. The lowest BCUT2D eigenvalue weighted by atomic mass is 10.0. The van der Waals surface area contributed by atoms with E-state index in [9.17, 15) is 0 Å². The summed E-state index contributed by atoms with van der Waals surface area (Å²) in [5, 5.41) is 5.81. The predicted octanol–water partition coefficient (Wildman–Crippen LogP) is 5.78. The van der Waals surface area contributed by atoms with Gasteiger partial charge in [-0.15, -0.1) is 11.3 Å². The first-order chi connectivity index (χ1) is 9.27. The van der Waals surface area contributed by atoms with Crippen molar-refractivity contribution in [3.63, 3.8) is 0 Å². The van der Waals surface area contributed by atoms with Gasteiger partial charge in [-0.25, -0.2) is 0 Å². The Kier molecular flexibility index (Phi) is 9.84. The minimum atomic E-state index is 0.645. The van der Waals surface area contributed by atoms with E-state index in [0.717, 1.165) is 6.54 Å². The summed E-state index contributed by atoms with van der Waals surface area (Å²) in [6.45, 7) is 5.56. The Morgan fingerprint density at radius 2 is 1.89 bits per heavy atom. The standard InChI is InChI=1S/C16H28BrNS/c1-3-5-6-7-8-9-10-14(18-4-2)13-16-15(17)11-12-19-16/h11-12,14,18H,3-10,13H2,1-2H3. The maximum absolute atomic E-state index is 3.64. The Morgan fingerprint density at radius 1 is 1.16 bits per heavy atom. The zero-order chi connectivity index (χ0) is 13.9. The van der Waals surface area contributed by atoms with Gasteiger partial charge in [0.25, 0.3) is 0 Å². The molecule has 1 N–H and O–H groups in total. The fourth-order valence-electron chi connectivity index (χ4n) is 2.43. The summed E-state index contributed by atoms with van der Waals surface area (Å²) in [5.41, 5.74) is 0. The minimum absolute atomic E-state index is 0.645. The topological polar surface area (TPSA) is 12.0 Å². The molecular formula is C16H28BrNS. The highest BCUT2D eigenvalue weighted by Crippen LogP contribution is 2.25. The van der Waals surface area contributed by atoms with Gasteiger partial charge in [-0.1, -0.05) is 52.4 Å². The van der Waals surface area contributed by atoms with Crippen molar-refractivity contribution < 1.29 is 0 Å². The Balaban J connectivity index is 2.23. The van der Waals surface area contributed by atoms with Crippen LogP contribution in [0, 0.1) is 0 Å². The smallest absolute Gasteiger partial charge is 0.0314 e. The summed E-state index contributed by atoms with van der Waals surface area (Å²) in [4.78, 5) is 1.48. The predicted molar refractivity (Wildman–Crippen MR) is 91.2 cm³/mol. The molecule has 19 heavy (non-hydrogen) atoms. The molecule has 0 aliphatic carbocycles. The monoisotopic (exact) mass is 345 g/mol. The number of hydrogen-bond donors (Lipinski definition) is 1. The number of likely N-dealkylation sites (N-methyl/N-ethyl adjacent to an activating group) is 1. The highest BCUT2D eigenvalue weighted by atomic mass is 79.9. The van der Waals surface area contributed by atoms with Gasteiger partial charge in [0.15, 0.2) is 0 Å². The number of thiophene rings is 1. The zero-order valence-corrected chi connectivity index (χ0v) is 14.8. The summed E-state index contributed by atoms with van der Waals surface area (Å²) in [5.74, 6) is 0. The molecule has 0 fully saturated rings. The van der Waals surface area contributed by atoms with Crippen LogP contribution < -0.4 is 5.32 Å². The van der Waals surface area contributed by atoms with E-state index in [1.807, 2.05) is 11.3 Å². The van der Waals surface area contributed by atoms with Crippen LogP contribution in [-0.2, 0) is 6.42 Å². The molecule has 1 atom stereocenters. The van der Waals surface area contributed by atoms with Crippen LogP contribution in [0.2, 0.25) is 0 Å². The first-order valence-electron chi connectivity index (χ1n) is 7.73. The summed E-state index contributed by atoms with van der Waals surface area (Å²) in [7, 11) is 0. The molecule has 0 bridgehead atoms. The fourth-order valence-corrected chi connectivity index (χ4v) is 4.03. The maximum Gasteiger partial charge on any atom is 0.0314 e. The van der Waals surface area contributed by atoms with Gasteiger partial charge < -0.3 is 5.32 Å². The maximum atomic E-state index is 3.64. The number of halogens is 1. The minimum Gasteiger partial charge on any atom is -0.314 e. The Labute approximate surface area is 131 Å². The molecule has 0 spiro atoms. The third kappa shape index (κ3) is 7.48. The third-order valence-corrected chi connectivity index (χ3v) is 5.47. The van der Waals surface area contributed by atoms with Crippen LogP contribution in [0.15, 0.2) is 15.9 Å². The second kappa shape index (κ2) is 10.9. The number of hydrogen-bond acceptors (Lipinski definition) is 2. The van der Waals surface area contributed by atoms with Crippen LogP contribution in [0.5, 0.6) is 0 Å². The van der Waals surface area contributed by atoms with Crippen molar-refractivity contribution in [2.45, 2.75) is 71.3 Å². The van der Waals surface area contributed by atoms with Gasteiger partial charge in [0.05, 0.1) is 0 Å². The van der Waals surface area contributed by atoms with Gasteiger partial charge in [-0.05, 0) is 46.8 Å². The van der Waals surface area contributed by atoms with Crippen molar-refractivity contribution in [1.29, 1.82) is 0 Å². The van der Waals surface area contributed by atoms with Crippen LogP contribution in [0.4, 0.5) is 0 Å². The van der Waals surface area contributed by atoms with Crippen molar-refractivity contribution >= 4 is 27.3 Å². The molecule has 0 aliphatic rings. The van der Waals surface area contributed by atoms with Crippen molar-refractivity contribution in [2.75, 3.05) is 6.54 Å². The summed E-state index contributed by atoms with van der Waals surface area (Å²) in [6, 6.07) is 2.81. The number of unbranched alkanes of at least 4 members (excludes halogenated alkanes) is 5. The molecule has 1 rings (SSSR count). The van der Waals surface area contributed by atoms with Crippen LogP contribution >= 0.6 is 27.3 Å². The fraction of sp³-hybridized carbons (Fsp3) is 0.750. The molecule has 0 aliphatic heterocycles. The number of nitrogens with one attached hydrogen (secondary N) is 1. The van der Waals surface area contributed by atoms with Gasteiger partial charge in [-0.2, -0.15) is 0 Å². The van der Waals surface area contributed by atoms with Gasteiger partial charge >= 0.3 is 0 Å². The molecule has 1 unspecified atom stereocenters. The zero-order valence-electron chi connectivity index (χ0n) is 12.4. The van der Waals surface area contributed by atoms with E-state index in [-0.39, 0.29) is 0 Å². The molecule has 110 valence electrons.